The van der Waals surface area contributed by atoms with E-state index in [1.807, 2.05) is 6.20 Å². The van der Waals surface area contributed by atoms with Crippen LogP contribution in [0.25, 0.3) is 11.3 Å². The molecule has 0 amide bonds. The van der Waals surface area contributed by atoms with E-state index in [-0.39, 0.29) is 5.92 Å². The van der Waals surface area contributed by atoms with Crippen LogP contribution in [0.3, 0.4) is 0 Å². The molecule has 0 aliphatic rings. The van der Waals surface area contributed by atoms with Gasteiger partial charge in [0.25, 0.3) is 0 Å². The first-order valence-corrected chi connectivity index (χ1v) is 6.36. The monoisotopic (exact) mass is 243 g/mol. The topological polar surface area (TPSA) is 54.7 Å². The van der Waals surface area contributed by atoms with Crippen molar-refractivity contribution < 1.29 is 0 Å². The number of hydrogen-bond acceptors (Lipinski definition) is 2. The summed E-state index contributed by atoms with van der Waals surface area (Å²) in [5.41, 5.74) is 11.9. The number of benzene rings is 1. The van der Waals surface area contributed by atoms with Gasteiger partial charge in [0.15, 0.2) is 0 Å². The number of nitrogens with one attached hydrogen (secondary N) is 1. The van der Waals surface area contributed by atoms with Crippen molar-refractivity contribution in [3.05, 3.63) is 40.8 Å². The average Bonchev–Trinajstić information content (AvgIpc) is 2.82. The zero-order valence-corrected chi connectivity index (χ0v) is 11.5. The molecule has 2 aromatic rings. The van der Waals surface area contributed by atoms with Gasteiger partial charge in [-0.15, -0.1) is 0 Å². The van der Waals surface area contributed by atoms with Crippen molar-refractivity contribution in [2.24, 2.45) is 5.73 Å². The van der Waals surface area contributed by atoms with Gasteiger partial charge in [0.2, 0.25) is 0 Å². The van der Waals surface area contributed by atoms with Crippen molar-refractivity contribution in [3.8, 4) is 11.3 Å². The number of nitrogens with zero attached hydrogens (tertiary/aromatic N) is 1. The smallest absolute Gasteiger partial charge is 0.110 e. The van der Waals surface area contributed by atoms with Gasteiger partial charge < -0.3 is 10.7 Å². The molecule has 1 unspecified atom stereocenters. The predicted molar refractivity (Wildman–Crippen MR) is 75.7 cm³/mol. The lowest BCUT2D eigenvalue weighted by molar-refractivity contribution is 0.725. The molecule has 96 valence electrons. The Bertz CT molecular complexity index is 555. The maximum Gasteiger partial charge on any atom is 0.110 e. The Morgan fingerprint density at radius 1 is 1.17 bits per heavy atom. The molecule has 1 aromatic carbocycles. The summed E-state index contributed by atoms with van der Waals surface area (Å²) in [5, 5.41) is 0. The first-order chi connectivity index (χ1) is 8.52. The highest BCUT2D eigenvalue weighted by molar-refractivity contribution is 5.65. The van der Waals surface area contributed by atoms with Crippen molar-refractivity contribution in [3.63, 3.8) is 0 Å². The first-order valence-electron chi connectivity index (χ1n) is 6.36. The highest BCUT2D eigenvalue weighted by Crippen LogP contribution is 2.26. The number of H-pyrrole nitrogens is 1. The van der Waals surface area contributed by atoms with Gasteiger partial charge >= 0.3 is 0 Å². The maximum atomic E-state index is 5.67. The summed E-state index contributed by atoms with van der Waals surface area (Å²) in [5.74, 6) is 1.23. The number of imidazole rings is 1. The summed E-state index contributed by atoms with van der Waals surface area (Å²) >= 11 is 0. The normalized spacial score (nSPS) is 12.7. The molecule has 1 heterocycles. The predicted octanol–water partition coefficient (Wildman–Crippen LogP) is 3.06. The largest absolute Gasteiger partial charge is 0.342 e. The van der Waals surface area contributed by atoms with E-state index >= 15 is 0 Å². The summed E-state index contributed by atoms with van der Waals surface area (Å²) in [7, 11) is 0. The molecule has 0 saturated heterocycles. The quantitative estimate of drug-likeness (QED) is 0.870. The third-order valence-corrected chi connectivity index (χ3v) is 3.55. The van der Waals surface area contributed by atoms with Gasteiger partial charge in [0.1, 0.15) is 5.82 Å². The minimum absolute atomic E-state index is 0.269. The Balaban J connectivity index is 2.43. The summed E-state index contributed by atoms with van der Waals surface area (Å²) in [4.78, 5) is 7.80. The fraction of sp³-hybridized carbons (Fsp3) is 0.400. The summed E-state index contributed by atoms with van der Waals surface area (Å²) in [6, 6.07) is 4.44. The SMILES string of the molecule is Cc1cc(C)c(-c2cnc(C(C)CN)[nH]2)cc1C. The number of aryl methyl sites for hydroxylation is 3. The summed E-state index contributed by atoms with van der Waals surface area (Å²) < 4.78 is 0. The fourth-order valence-corrected chi connectivity index (χ4v) is 2.09. The Kier molecular flexibility index (Phi) is 3.53. The molecule has 18 heavy (non-hydrogen) atoms. The van der Waals surface area contributed by atoms with Crippen LogP contribution in [-0.2, 0) is 0 Å². The van der Waals surface area contributed by atoms with E-state index in [1.165, 1.54) is 22.3 Å². The second kappa shape index (κ2) is 4.94. The van der Waals surface area contributed by atoms with Gasteiger partial charge in [0, 0.05) is 18.0 Å². The van der Waals surface area contributed by atoms with Crippen LogP contribution < -0.4 is 5.73 Å². The van der Waals surface area contributed by atoms with E-state index in [2.05, 4.69) is 49.8 Å². The first kappa shape index (κ1) is 12.8. The van der Waals surface area contributed by atoms with Gasteiger partial charge in [-0.3, -0.25) is 0 Å². The molecule has 1 atom stereocenters. The summed E-state index contributed by atoms with van der Waals surface area (Å²) in [6.07, 6.45) is 1.90. The summed E-state index contributed by atoms with van der Waals surface area (Å²) in [6.45, 7) is 9.10. The number of nitrogens with two attached hydrogens (primary N) is 1. The van der Waals surface area contributed by atoms with E-state index < -0.39 is 0 Å². The maximum absolute atomic E-state index is 5.67. The van der Waals surface area contributed by atoms with Crippen molar-refractivity contribution in [1.82, 2.24) is 9.97 Å². The molecule has 2 rings (SSSR count). The van der Waals surface area contributed by atoms with Crippen molar-refractivity contribution >= 4 is 0 Å². The Labute approximate surface area is 108 Å². The zero-order valence-electron chi connectivity index (χ0n) is 11.5. The van der Waals surface area contributed by atoms with Crippen LogP contribution in [-0.4, -0.2) is 16.5 Å². The van der Waals surface area contributed by atoms with Crippen LogP contribution in [0.5, 0.6) is 0 Å². The Morgan fingerprint density at radius 2 is 1.83 bits per heavy atom. The molecule has 3 nitrogen and oxygen atoms in total. The number of hydrogen-bond donors (Lipinski definition) is 2. The molecule has 3 N–H and O–H groups in total. The van der Waals surface area contributed by atoms with Crippen LogP contribution >= 0.6 is 0 Å². The van der Waals surface area contributed by atoms with E-state index in [0.717, 1.165) is 11.5 Å². The van der Waals surface area contributed by atoms with Crippen LogP contribution in [0, 0.1) is 20.8 Å². The minimum Gasteiger partial charge on any atom is -0.342 e. The number of rotatable bonds is 3. The second-order valence-corrected chi connectivity index (χ2v) is 5.07. The standard InChI is InChI=1S/C15H21N3/c1-9-5-11(3)13(6-10(9)2)14-8-17-15(18-14)12(4)7-16/h5-6,8,12H,7,16H2,1-4H3,(H,17,18). The fourth-order valence-electron chi connectivity index (χ4n) is 2.09. The van der Waals surface area contributed by atoms with E-state index in [9.17, 15) is 0 Å². The van der Waals surface area contributed by atoms with Gasteiger partial charge in [-0.25, -0.2) is 4.98 Å². The van der Waals surface area contributed by atoms with E-state index in [1.54, 1.807) is 0 Å². The Hall–Kier alpha value is -1.61. The molecular weight excluding hydrogens is 222 g/mol. The second-order valence-electron chi connectivity index (χ2n) is 5.07. The Morgan fingerprint density at radius 3 is 2.50 bits per heavy atom. The molecule has 0 fully saturated rings. The van der Waals surface area contributed by atoms with Gasteiger partial charge in [-0.05, 0) is 43.5 Å². The van der Waals surface area contributed by atoms with Gasteiger partial charge in [-0.2, -0.15) is 0 Å². The van der Waals surface area contributed by atoms with Crippen LogP contribution in [0.2, 0.25) is 0 Å². The highest BCUT2D eigenvalue weighted by atomic mass is 14.9. The van der Waals surface area contributed by atoms with Crippen LogP contribution in [0.15, 0.2) is 18.3 Å². The van der Waals surface area contributed by atoms with Crippen LogP contribution in [0.4, 0.5) is 0 Å². The van der Waals surface area contributed by atoms with Crippen molar-refractivity contribution in [1.29, 1.82) is 0 Å². The van der Waals surface area contributed by atoms with Crippen LogP contribution in [0.1, 0.15) is 35.4 Å². The third-order valence-electron chi connectivity index (χ3n) is 3.55. The zero-order chi connectivity index (χ0) is 13.3. The molecule has 0 aliphatic carbocycles. The molecular formula is C15H21N3. The molecule has 3 heteroatoms. The van der Waals surface area contributed by atoms with Gasteiger partial charge in [0.05, 0.1) is 11.9 Å². The van der Waals surface area contributed by atoms with Gasteiger partial charge in [-0.1, -0.05) is 13.0 Å². The number of aromatic nitrogens is 2. The number of aromatic amines is 1. The lowest BCUT2D eigenvalue weighted by Crippen LogP contribution is -2.10. The molecule has 0 bridgehead atoms. The minimum atomic E-state index is 0.269. The van der Waals surface area contributed by atoms with E-state index in [4.69, 9.17) is 5.73 Å². The average molecular weight is 243 g/mol. The van der Waals surface area contributed by atoms with Crippen molar-refractivity contribution in [2.45, 2.75) is 33.6 Å². The van der Waals surface area contributed by atoms with Crippen molar-refractivity contribution in [2.75, 3.05) is 6.54 Å². The lowest BCUT2D eigenvalue weighted by atomic mass is 9.99. The highest BCUT2D eigenvalue weighted by Gasteiger charge is 2.11. The van der Waals surface area contributed by atoms with E-state index in [0.29, 0.717) is 6.54 Å². The molecule has 0 spiro atoms. The molecule has 0 saturated carbocycles. The molecule has 0 radical (unpaired) electrons. The molecule has 0 aliphatic heterocycles. The third kappa shape index (κ3) is 2.31. The lowest BCUT2D eigenvalue weighted by Gasteiger charge is -2.08. The molecule has 1 aromatic heterocycles.